The van der Waals surface area contributed by atoms with Crippen LogP contribution >= 0.6 is 0 Å². The van der Waals surface area contributed by atoms with E-state index in [1.807, 2.05) is 63.2 Å². The third kappa shape index (κ3) is 6.35. The molecule has 8 nitrogen and oxygen atoms in total. The van der Waals surface area contributed by atoms with Gasteiger partial charge in [-0.05, 0) is 54.9 Å². The number of aryl methyl sites for hydroxylation is 1. The van der Waals surface area contributed by atoms with Crippen LogP contribution in [0.4, 0.5) is 0 Å². The van der Waals surface area contributed by atoms with Gasteiger partial charge in [0.05, 0.1) is 18.6 Å². The highest BCUT2D eigenvalue weighted by Crippen LogP contribution is 2.32. The molecule has 1 aliphatic carbocycles. The van der Waals surface area contributed by atoms with E-state index in [1.54, 1.807) is 11.8 Å². The van der Waals surface area contributed by atoms with Gasteiger partial charge in [0.25, 0.3) is 0 Å². The molecule has 1 aliphatic heterocycles. The molecule has 0 bridgehead atoms. The number of amides is 3. The Morgan fingerprint density at radius 3 is 2.42 bits per heavy atom. The molecule has 2 aromatic carbocycles. The van der Waals surface area contributed by atoms with Crippen molar-refractivity contribution in [2.75, 3.05) is 6.54 Å². The standard InChI is InChI=1S/C30H40N4O4/c1-19(31)27(35)33-26(30(2,3)4)29(37)34-18-22(38-21-13-6-5-7-14-21)17-25(34)28(36)32-24-16-10-12-20-11-8-9-15-23(20)24/h5-9,11,13-15,19,22,24-26H,10,12,16-18,31H2,1-4H3,(H,32,36)(H,33,35). The molecule has 1 heterocycles. The summed E-state index contributed by atoms with van der Waals surface area (Å²) in [6, 6.07) is 15.2. The summed E-state index contributed by atoms with van der Waals surface area (Å²) < 4.78 is 6.19. The van der Waals surface area contributed by atoms with Gasteiger partial charge in [-0.25, -0.2) is 0 Å². The van der Waals surface area contributed by atoms with Crippen molar-refractivity contribution in [3.63, 3.8) is 0 Å². The lowest BCUT2D eigenvalue weighted by Crippen LogP contribution is -2.59. The van der Waals surface area contributed by atoms with Crippen LogP contribution in [-0.4, -0.2) is 53.4 Å². The molecule has 0 radical (unpaired) electrons. The maximum atomic E-state index is 14.0. The Balaban J connectivity index is 1.58. The SMILES string of the molecule is CC(N)C(=O)NC(C(=O)N1CC(Oc2ccccc2)CC1C(=O)NC1CCCc2ccccc21)C(C)(C)C. The van der Waals surface area contributed by atoms with Crippen LogP contribution in [0, 0.1) is 5.41 Å². The third-order valence-corrected chi connectivity index (χ3v) is 7.39. The second-order valence-corrected chi connectivity index (χ2v) is 11.5. The molecule has 1 saturated heterocycles. The number of hydrogen-bond donors (Lipinski definition) is 3. The van der Waals surface area contributed by atoms with Gasteiger partial charge >= 0.3 is 0 Å². The average Bonchev–Trinajstić information content (AvgIpc) is 3.30. The van der Waals surface area contributed by atoms with Crippen molar-refractivity contribution < 1.29 is 19.1 Å². The molecule has 2 aliphatic rings. The van der Waals surface area contributed by atoms with Gasteiger partial charge < -0.3 is 26.0 Å². The molecule has 2 aromatic rings. The maximum absolute atomic E-state index is 14.0. The van der Waals surface area contributed by atoms with Crippen LogP contribution in [0.5, 0.6) is 5.75 Å². The van der Waals surface area contributed by atoms with Gasteiger partial charge in [0.15, 0.2) is 0 Å². The van der Waals surface area contributed by atoms with Crippen molar-refractivity contribution in [2.24, 2.45) is 11.1 Å². The smallest absolute Gasteiger partial charge is 0.246 e. The number of rotatable bonds is 7. The van der Waals surface area contributed by atoms with Gasteiger partial charge in [-0.15, -0.1) is 0 Å². The molecule has 5 unspecified atom stereocenters. The van der Waals surface area contributed by atoms with E-state index < -0.39 is 29.4 Å². The molecule has 8 heteroatoms. The summed E-state index contributed by atoms with van der Waals surface area (Å²) in [6.45, 7) is 7.49. The lowest BCUT2D eigenvalue weighted by Gasteiger charge is -2.36. The lowest BCUT2D eigenvalue weighted by atomic mass is 9.85. The van der Waals surface area contributed by atoms with Gasteiger partial charge in [-0.3, -0.25) is 14.4 Å². The Morgan fingerprint density at radius 2 is 1.74 bits per heavy atom. The van der Waals surface area contributed by atoms with Crippen LogP contribution in [0.25, 0.3) is 0 Å². The summed E-state index contributed by atoms with van der Waals surface area (Å²) in [5, 5.41) is 6.05. The molecule has 3 amide bonds. The Kier molecular flexibility index (Phi) is 8.41. The molecule has 4 rings (SSSR count). The van der Waals surface area contributed by atoms with E-state index >= 15 is 0 Å². The summed E-state index contributed by atoms with van der Waals surface area (Å²) in [6.07, 6.45) is 2.84. The van der Waals surface area contributed by atoms with Crippen molar-refractivity contribution in [1.82, 2.24) is 15.5 Å². The minimum absolute atomic E-state index is 0.102. The molecular formula is C30H40N4O4. The monoisotopic (exact) mass is 520 g/mol. The van der Waals surface area contributed by atoms with E-state index in [1.165, 1.54) is 5.56 Å². The Labute approximate surface area is 225 Å². The number of nitrogens with two attached hydrogens (primary N) is 1. The maximum Gasteiger partial charge on any atom is 0.246 e. The zero-order valence-corrected chi connectivity index (χ0v) is 22.8. The number of nitrogens with zero attached hydrogens (tertiary/aromatic N) is 1. The molecule has 0 aromatic heterocycles. The molecule has 0 saturated carbocycles. The van der Waals surface area contributed by atoms with E-state index in [4.69, 9.17) is 10.5 Å². The minimum Gasteiger partial charge on any atom is -0.488 e. The van der Waals surface area contributed by atoms with Gasteiger partial charge in [0.2, 0.25) is 17.7 Å². The van der Waals surface area contributed by atoms with Crippen LogP contribution in [-0.2, 0) is 20.8 Å². The van der Waals surface area contributed by atoms with Crippen molar-refractivity contribution in [3.8, 4) is 5.75 Å². The largest absolute Gasteiger partial charge is 0.488 e. The van der Waals surface area contributed by atoms with Crippen LogP contribution in [0.3, 0.4) is 0 Å². The number of benzene rings is 2. The van der Waals surface area contributed by atoms with Gasteiger partial charge in [0.1, 0.15) is 23.9 Å². The first kappa shape index (κ1) is 27.6. The first-order chi connectivity index (χ1) is 18.0. The molecule has 4 N–H and O–H groups in total. The highest BCUT2D eigenvalue weighted by atomic mass is 16.5. The minimum atomic E-state index is -0.845. The van der Waals surface area contributed by atoms with Gasteiger partial charge in [-0.2, -0.15) is 0 Å². The summed E-state index contributed by atoms with van der Waals surface area (Å²) in [4.78, 5) is 41.8. The van der Waals surface area contributed by atoms with Crippen molar-refractivity contribution >= 4 is 17.7 Å². The second kappa shape index (κ2) is 11.6. The highest BCUT2D eigenvalue weighted by Gasteiger charge is 2.46. The number of hydrogen-bond acceptors (Lipinski definition) is 5. The molecule has 1 fully saturated rings. The van der Waals surface area contributed by atoms with E-state index in [-0.39, 0.29) is 30.5 Å². The Hall–Kier alpha value is -3.39. The zero-order chi connectivity index (χ0) is 27.4. The summed E-state index contributed by atoms with van der Waals surface area (Å²) in [7, 11) is 0. The fourth-order valence-electron chi connectivity index (χ4n) is 5.33. The molecule has 0 spiro atoms. The Morgan fingerprint density at radius 1 is 1.05 bits per heavy atom. The molecular weight excluding hydrogens is 480 g/mol. The fourth-order valence-corrected chi connectivity index (χ4v) is 5.33. The molecule has 5 atom stereocenters. The number of nitrogens with one attached hydrogen (secondary N) is 2. The summed E-state index contributed by atoms with van der Waals surface area (Å²) in [5.41, 5.74) is 7.58. The van der Waals surface area contributed by atoms with E-state index in [0.717, 1.165) is 24.8 Å². The number of likely N-dealkylation sites (tertiary alicyclic amines) is 1. The van der Waals surface area contributed by atoms with Crippen molar-refractivity contribution in [1.29, 1.82) is 0 Å². The van der Waals surface area contributed by atoms with Gasteiger partial charge in [0, 0.05) is 6.42 Å². The number of fused-ring (bicyclic) bond motifs is 1. The summed E-state index contributed by atoms with van der Waals surface area (Å²) >= 11 is 0. The number of carbonyl (C=O) groups is 3. The Bertz CT molecular complexity index is 1140. The van der Waals surface area contributed by atoms with Crippen LogP contribution in [0.2, 0.25) is 0 Å². The average molecular weight is 521 g/mol. The molecule has 38 heavy (non-hydrogen) atoms. The normalized spacial score (nSPS) is 22.7. The van der Waals surface area contributed by atoms with Gasteiger partial charge in [-0.1, -0.05) is 63.2 Å². The van der Waals surface area contributed by atoms with E-state index in [0.29, 0.717) is 12.2 Å². The van der Waals surface area contributed by atoms with Crippen LogP contribution in [0.15, 0.2) is 54.6 Å². The predicted octanol–water partition coefficient (Wildman–Crippen LogP) is 3.11. The first-order valence-corrected chi connectivity index (χ1v) is 13.5. The summed E-state index contributed by atoms with van der Waals surface area (Å²) in [5.74, 6) is -0.237. The quantitative estimate of drug-likeness (QED) is 0.519. The number of ether oxygens (including phenoxy) is 1. The van der Waals surface area contributed by atoms with Crippen LogP contribution in [0.1, 0.15) is 64.1 Å². The van der Waals surface area contributed by atoms with Crippen LogP contribution < -0.4 is 21.1 Å². The predicted molar refractivity (Wildman–Crippen MR) is 146 cm³/mol. The highest BCUT2D eigenvalue weighted by molar-refractivity contribution is 5.94. The number of carbonyl (C=O) groups excluding carboxylic acids is 3. The zero-order valence-electron chi connectivity index (χ0n) is 22.8. The van der Waals surface area contributed by atoms with Crippen molar-refractivity contribution in [3.05, 3.63) is 65.7 Å². The third-order valence-electron chi connectivity index (χ3n) is 7.39. The lowest BCUT2D eigenvalue weighted by molar-refractivity contribution is -0.144. The van der Waals surface area contributed by atoms with Crippen molar-refractivity contribution in [2.45, 2.75) is 83.6 Å². The van der Waals surface area contributed by atoms with E-state index in [2.05, 4.69) is 22.8 Å². The van der Waals surface area contributed by atoms with E-state index in [9.17, 15) is 14.4 Å². The topological polar surface area (TPSA) is 114 Å². The first-order valence-electron chi connectivity index (χ1n) is 13.5. The second-order valence-electron chi connectivity index (χ2n) is 11.5. The molecule has 204 valence electrons. The number of para-hydroxylation sites is 1. The fraction of sp³-hybridized carbons (Fsp3) is 0.500.